The molecule has 1 nitrogen and oxygen atoms in total. The number of ketones is 1. The van der Waals surface area contributed by atoms with Gasteiger partial charge >= 0.3 is 0 Å². The first kappa shape index (κ1) is 8.69. The first-order chi connectivity index (χ1) is 5.03. The van der Waals surface area contributed by atoms with Gasteiger partial charge in [0.25, 0.3) is 0 Å². The van der Waals surface area contributed by atoms with Crippen LogP contribution in [0.15, 0.2) is 0 Å². The molecule has 0 saturated heterocycles. The van der Waals surface area contributed by atoms with Gasteiger partial charge in [-0.05, 0) is 19.3 Å². The summed E-state index contributed by atoms with van der Waals surface area (Å²) in [5.74, 6) is 0.256. The summed E-state index contributed by atoms with van der Waals surface area (Å²) in [5, 5.41) is 0. The molecule has 1 rings (SSSR count). The molecule has 0 unspecified atom stereocenters. The Hall–Kier alpha value is -0.400. The van der Waals surface area contributed by atoms with Crippen LogP contribution in [0.2, 0.25) is 0 Å². The Balaban J connectivity index is 2.16. The van der Waals surface area contributed by atoms with Gasteiger partial charge in [0, 0.05) is 12.3 Å². The normalized spacial score (nSPS) is 20.4. The molecule has 0 heterocycles. The molecule has 0 aromatic heterocycles. The van der Waals surface area contributed by atoms with Crippen LogP contribution in [0.3, 0.4) is 0 Å². The molecule has 1 saturated carbocycles. The maximum atomic E-state index is 13.0. The van der Waals surface area contributed by atoms with Crippen molar-refractivity contribution in [1.82, 2.24) is 0 Å². The van der Waals surface area contributed by atoms with Crippen LogP contribution in [0.4, 0.5) is 4.39 Å². The number of Topliss-reactive ketones (excluding diaryl/α,β-unsaturated/α-hetero) is 1. The summed E-state index contributed by atoms with van der Waals surface area (Å²) in [4.78, 5) is 11.1. The Bertz CT molecular complexity index is 159. The first-order valence-corrected chi connectivity index (χ1v) is 4.25. The smallest absolute Gasteiger partial charge is 0.135 e. The van der Waals surface area contributed by atoms with E-state index >= 15 is 0 Å². The monoisotopic (exact) mass is 158 g/mol. The highest BCUT2D eigenvalue weighted by molar-refractivity contribution is 5.80. The van der Waals surface area contributed by atoms with E-state index in [4.69, 9.17) is 0 Å². The fraction of sp³-hybridized carbons (Fsp3) is 0.889. The molecule has 1 fully saturated rings. The summed E-state index contributed by atoms with van der Waals surface area (Å²) in [5.41, 5.74) is -0.954. The van der Waals surface area contributed by atoms with Gasteiger partial charge < -0.3 is 0 Å². The molecule has 2 heteroatoms. The molecule has 11 heavy (non-hydrogen) atoms. The lowest BCUT2D eigenvalue weighted by atomic mass is 10.0. The summed E-state index contributed by atoms with van der Waals surface area (Å²) in [6, 6.07) is 0. The van der Waals surface area contributed by atoms with E-state index in [9.17, 15) is 9.18 Å². The third-order valence-corrected chi connectivity index (χ3v) is 2.26. The average Bonchev–Trinajstić information content (AvgIpc) is 2.64. The van der Waals surface area contributed by atoms with Gasteiger partial charge in [0.05, 0.1) is 0 Å². The second kappa shape index (κ2) is 2.92. The highest BCUT2D eigenvalue weighted by Crippen LogP contribution is 2.43. The molecular formula is C9H15FO. The number of hydrogen-bond donors (Lipinski definition) is 0. The molecule has 0 aliphatic heterocycles. The Morgan fingerprint density at radius 2 is 2.09 bits per heavy atom. The van der Waals surface area contributed by atoms with E-state index in [2.05, 4.69) is 0 Å². The molecule has 0 spiro atoms. The molecule has 0 radical (unpaired) electrons. The minimum absolute atomic E-state index is 0.0670. The van der Waals surface area contributed by atoms with E-state index in [1.807, 2.05) is 13.8 Å². The maximum Gasteiger partial charge on any atom is 0.135 e. The lowest BCUT2D eigenvalue weighted by Gasteiger charge is -2.05. The second-order valence-electron chi connectivity index (χ2n) is 3.77. The van der Waals surface area contributed by atoms with Crippen LogP contribution in [0.5, 0.6) is 0 Å². The number of hydrogen-bond acceptors (Lipinski definition) is 1. The van der Waals surface area contributed by atoms with Gasteiger partial charge in [-0.25, -0.2) is 4.39 Å². The fourth-order valence-corrected chi connectivity index (χ4v) is 1.02. The van der Waals surface area contributed by atoms with Crippen LogP contribution >= 0.6 is 0 Å². The number of carbonyl (C=O) groups is 1. The van der Waals surface area contributed by atoms with Crippen molar-refractivity contribution in [3.63, 3.8) is 0 Å². The second-order valence-corrected chi connectivity index (χ2v) is 3.77. The summed E-state index contributed by atoms with van der Waals surface area (Å²) in [6.45, 7) is 3.72. The number of carbonyl (C=O) groups excluding carboxylic acids is 1. The SMILES string of the molecule is CC(C)C(=O)CCC1(F)CC1. The lowest BCUT2D eigenvalue weighted by molar-refractivity contribution is -0.122. The van der Waals surface area contributed by atoms with Crippen molar-refractivity contribution < 1.29 is 9.18 Å². The van der Waals surface area contributed by atoms with Crippen molar-refractivity contribution in [3.8, 4) is 0 Å². The molecule has 0 bridgehead atoms. The molecule has 0 atom stereocenters. The largest absolute Gasteiger partial charge is 0.299 e. The maximum absolute atomic E-state index is 13.0. The van der Waals surface area contributed by atoms with E-state index in [0.717, 1.165) is 0 Å². The Morgan fingerprint density at radius 3 is 2.45 bits per heavy atom. The zero-order valence-corrected chi connectivity index (χ0v) is 7.19. The van der Waals surface area contributed by atoms with Crippen molar-refractivity contribution in [1.29, 1.82) is 0 Å². The van der Waals surface area contributed by atoms with Gasteiger partial charge in [0.1, 0.15) is 11.5 Å². The molecule has 0 amide bonds. The van der Waals surface area contributed by atoms with Crippen molar-refractivity contribution in [2.75, 3.05) is 0 Å². The minimum atomic E-state index is -0.954. The number of halogens is 1. The molecule has 1 aliphatic carbocycles. The number of rotatable bonds is 4. The lowest BCUT2D eigenvalue weighted by Crippen LogP contribution is -2.10. The molecule has 0 N–H and O–H groups in total. The Kier molecular flexibility index (Phi) is 2.31. The fourth-order valence-electron chi connectivity index (χ4n) is 1.02. The van der Waals surface area contributed by atoms with E-state index in [1.54, 1.807) is 0 Å². The van der Waals surface area contributed by atoms with Gasteiger partial charge in [-0.1, -0.05) is 13.8 Å². The van der Waals surface area contributed by atoms with Crippen LogP contribution in [0.25, 0.3) is 0 Å². The van der Waals surface area contributed by atoms with Crippen LogP contribution in [-0.2, 0) is 4.79 Å². The van der Waals surface area contributed by atoms with E-state index < -0.39 is 5.67 Å². The van der Waals surface area contributed by atoms with E-state index in [1.165, 1.54) is 0 Å². The minimum Gasteiger partial charge on any atom is -0.299 e. The van der Waals surface area contributed by atoms with Crippen molar-refractivity contribution in [2.45, 2.75) is 45.2 Å². The Labute approximate surface area is 67.0 Å². The quantitative estimate of drug-likeness (QED) is 0.614. The van der Waals surface area contributed by atoms with Crippen molar-refractivity contribution in [2.24, 2.45) is 5.92 Å². The summed E-state index contributed by atoms with van der Waals surface area (Å²) in [6.07, 6.45) is 2.20. The standard InChI is InChI=1S/C9H15FO/c1-7(2)8(11)3-4-9(10)5-6-9/h7H,3-6H2,1-2H3. The van der Waals surface area contributed by atoms with Gasteiger partial charge in [-0.3, -0.25) is 4.79 Å². The predicted molar refractivity (Wildman–Crippen MR) is 42.2 cm³/mol. The zero-order valence-electron chi connectivity index (χ0n) is 7.19. The van der Waals surface area contributed by atoms with Crippen LogP contribution in [0.1, 0.15) is 39.5 Å². The van der Waals surface area contributed by atoms with Crippen molar-refractivity contribution >= 4 is 5.78 Å². The Morgan fingerprint density at radius 1 is 1.55 bits per heavy atom. The highest BCUT2D eigenvalue weighted by Gasteiger charge is 2.42. The van der Waals surface area contributed by atoms with E-state index in [0.29, 0.717) is 25.7 Å². The predicted octanol–water partition coefficient (Wildman–Crippen LogP) is 2.49. The molecule has 1 aliphatic rings. The first-order valence-electron chi connectivity index (χ1n) is 4.25. The third kappa shape index (κ3) is 2.60. The zero-order chi connectivity index (χ0) is 8.48. The number of alkyl halides is 1. The molecule has 0 aromatic rings. The van der Waals surface area contributed by atoms with Crippen LogP contribution < -0.4 is 0 Å². The summed E-state index contributed by atoms with van der Waals surface area (Å²) < 4.78 is 13.0. The van der Waals surface area contributed by atoms with Crippen LogP contribution in [-0.4, -0.2) is 11.5 Å². The molecule has 64 valence electrons. The van der Waals surface area contributed by atoms with Crippen LogP contribution in [0, 0.1) is 5.92 Å². The summed E-state index contributed by atoms with van der Waals surface area (Å²) >= 11 is 0. The highest BCUT2D eigenvalue weighted by atomic mass is 19.1. The molecule has 0 aromatic carbocycles. The van der Waals surface area contributed by atoms with E-state index in [-0.39, 0.29) is 11.7 Å². The van der Waals surface area contributed by atoms with Crippen molar-refractivity contribution in [3.05, 3.63) is 0 Å². The molecular weight excluding hydrogens is 143 g/mol. The summed E-state index contributed by atoms with van der Waals surface area (Å²) in [7, 11) is 0. The van der Waals surface area contributed by atoms with Gasteiger partial charge in [-0.15, -0.1) is 0 Å². The van der Waals surface area contributed by atoms with Gasteiger partial charge in [-0.2, -0.15) is 0 Å². The average molecular weight is 158 g/mol. The van der Waals surface area contributed by atoms with Gasteiger partial charge in [0.2, 0.25) is 0 Å². The topological polar surface area (TPSA) is 17.1 Å². The third-order valence-electron chi connectivity index (χ3n) is 2.26. The van der Waals surface area contributed by atoms with Gasteiger partial charge in [0.15, 0.2) is 0 Å².